The Kier molecular flexibility index (Phi) is 5.91. The molecule has 0 aliphatic heterocycles. The van der Waals surface area contributed by atoms with E-state index in [-0.39, 0.29) is 11.9 Å². The number of rotatable bonds is 6. The minimum atomic E-state index is -0.216. The Morgan fingerprint density at radius 1 is 1.44 bits per heavy atom. The van der Waals surface area contributed by atoms with Crippen molar-refractivity contribution in [3.63, 3.8) is 0 Å². The van der Waals surface area contributed by atoms with Crippen molar-refractivity contribution in [3.05, 3.63) is 30.1 Å². The molecule has 0 aromatic heterocycles. The Hall–Kier alpha value is -1.05. The summed E-state index contributed by atoms with van der Waals surface area (Å²) in [6.07, 6.45) is 0.798. The highest BCUT2D eigenvalue weighted by Crippen LogP contribution is 2.19. The zero-order chi connectivity index (χ0) is 11.8. The first-order chi connectivity index (χ1) is 7.76. The Bertz CT molecular complexity index is 345. The van der Waals surface area contributed by atoms with Gasteiger partial charge in [0.05, 0.1) is 12.1 Å². The van der Waals surface area contributed by atoms with Gasteiger partial charge in [-0.3, -0.25) is 0 Å². The highest BCUT2D eigenvalue weighted by atomic mass is 32.2. The largest absolute Gasteiger partial charge is 0.302 e. The van der Waals surface area contributed by atoms with Crippen LogP contribution in [0.3, 0.4) is 0 Å². The zero-order valence-electron chi connectivity index (χ0n) is 9.24. The van der Waals surface area contributed by atoms with Crippen LogP contribution in [0.25, 0.3) is 0 Å². The van der Waals surface area contributed by atoms with Crippen molar-refractivity contribution >= 4 is 11.8 Å². The Labute approximate surface area is 99.9 Å². The number of halogens is 1. The molecule has 0 saturated carbocycles. The number of thioether (sulfide) groups is 1. The molecule has 4 heteroatoms. The molecule has 0 aliphatic carbocycles. The number of benzene rings is 1. The van der Waals surface area contributed by atoms with Crippen LogP contribution in [-0.4, -0.2) is 18.3 Å². The molecule has 1 unspecified atom stereocenters. The lowest BCUT2D eigenvalue weighted by Crippen LogP contribution is -2.27. The molecule has 16 heavy (non-hydrogen) atoms. The second-order valence-corrected chi connectivity index (χ2v) is 4.50. The van der Waals surface area contributed by atoms with Gasteiger partial charge in [0, 0.05) is 10.6 Å². The SMILES string of the molecule is CCNC(C#N)CCSc1ccc(F)cc1. The second-order valence-electron chi connectivity index (χ2n) is 3.33. The lowest BCUT2D eigenvalue weighted by atomic mass is 10.2. The van der Waals surface area contributed by atoms with Crippen molar-refractivity contribution in [2.45, 2.75) is 24.3 Å². The minimum absolute atomic E-state index is 0.0852. The molecule has 86 valence electrons. The van der Waals surface area contributed by atoms with Gasteiger partial charge in [-0.25, -0.2) is 4.39 Å². The van der Waals surface area contributed by atoms with Crippen LogP contribution in [-0.2, 0) is 0 Å². The van der Waals surface area contributed by atoms with Crippen molar-refractivity contribution in [2.75, 3.05) is 12.3 Å². The van der Waals surface area contributed by atoms with Gasteiger partial charge in [0.2, 0.25) is 0 Å². The summed E-state index contributed by atoms with van der Waals surface area (Å²) in [4.78, 5) is 1.04. The first kappa shape index (κ1) is 13.0. The molecule has 0 radical (unpaired) electrons. The zero-order valence-corrected chi connectivity index (χ0v) is 10.1. The minimum Gasteiger partial charge on any atom is -0.302 e. The van der Waals surface area contributed by atoms with Crippen LogP contribution in [0.2, 0.25) is 0 Å². The van der Waals surface area contributed by atoms with E-state index in [0.717, 1.165) is 23.6 Å². The molecule has 0 saturated heterocycles. The predicted octanol–water partition coefficient (Wildman–Crippen LogP) is 2.81. The number of nitriles is 1. The molecule has 1 atom stereocenters. The van der Waals surface area contributed by atoms with Crippen molar-refractivity contribution in [2.24, 2.45) is 0 Å². The molecule has 1 aromatic rings. The van der Waals surface area contributed by atoms with E-state index >= 15 is 0 Å². The summed E-state index contributed by atoms with van der Waals surface area (Å²) in [5, 5.41) is 11.9. The third kappa shape index (κ3) is 4.65. The van der Waals surface area contributed by atoms with Crippen molar-refractivity contribution in [1.29, 1.82) is 5.26 Å². The van der Waals surface area contributed by atoms with Crippen LogP contribution in [0.5, 0.6) is 0 Å². The van der Waals surface area contributed by atoms with Gasteiger partial charge in [-0.1, -0.05) is 6.92 Å². The highest BCUT2D eigenvalue weighted by Gasteiger charge is 2.04. The van der Waals surface area contributed by atoms with E-state index in [0.29, 0.717) is 0 Å². The second kappa shape index (κ2) is 7.26. The average molecular weight is 238 g/mol. The molecule has 1 rings (SSSR count). The highest BCUT2D eigenvalue weighted by molar-refractivity contribution is 7.99. The summed E-state index contributed by atoms with van der Waals surface area (Å²) < 4.78 is 12.6. The summed E-state index contributed by atoms with van der Waals surface area (Å²) in [6.45, 7) is 2.79. The fourth-order valence-electron chi connectivity index (χ4n) is 1.28. The number of hydrogen-bond donors (Lipinski definition) is 1. The van der Waals surface area contributed by atoms with Gasteiger partial charge < -0.3 is 5.32 Å². The van der Waals surface area contributed by atoms with E-state index in [1.165, 1.54) is 12.1 Å². The van der Waals surface area contributed by atoms with E-state index < -0.39 is 0 Å². The molecule has 0 fully saturated rings. The van der Waals surface area contributed by atoms with Gasteiger partial charge in [0.25, 0.3) is 0 Å². The van der Waals surface area contributed by atoms with Gasteiger partial charge in [0.1, 0.15) is 5.82 Å². The Morgan fingerprint density at radius 2 is 2.12 bits per heavy atom. The molecule has 0 heterocycles. The van der Waals surface area contributed by atoms with Gasteiger partial charge in [-0.15, -0.1) is 11.8 Å². The fraction of sp³-hybridized carbons (Fsp3) is 0.417. The van der Waals surface area contributed by atoms with Crippen molar-refractivity contribution in [1.82, 2.24) is 5.32 Å². The maximum Gasteiger partial charge on any atom is 0.123 e. The lowest BCUT2D eigenvalue weighted by molar-refractivity contribution is 0.612. The summed E-state index contributed by atoms with van der Waals surface area (Å²) >= 11 is 1.64. The van der Waals surface area contributed by atoms with E-state index in [1.54, 1.807) is 23.9 Å². The third-order valence-corrected chi connectivity index (χ3v) is 3.14. The molecule has 0 bridgehead atoms. The maximum atomic E-state index is 12.6. The predicted molar refractivity (Wildman–Crippen MR) is 64.8 cm³/mol. The molecular weight excluding hydrogens is 223 g/mol. The quantitative estimate of drug-likeness (QED) is 0.774. The number of nitrogens with zero attached hydrogens (tertiary/aromatic N) is 1. The van der Waals surface area contributed by atoms with Crippen LogP contribution in [0.1, 0.15) is 13.3 Å². The standard InChI is InChI=1S/C12H15FN2S/c1-2-15-11(9-14)7-8-16-12-5-3-10(13)4-6-12/h3-6,11,15H,2,7-8H2,1H3. The molecular formula is C12H15FN2S. The van der Waals surface area contributed by atoms with Gasteiger partial charge in [0.15, 0.2) is 0 Å². The summed E-state index contributed by atoms with van der Waals surface area (Å²) in [5.41, 5.74) is 0. The van der Waals surface area contributed by atoms with E-state index in [4.69, 9.17) is 5.26 Å². The van der Waals surface area contributed by atoms with Crippen LogP contribution in [0.4, 0.5) is 4.39 Å². The Morgan fingerprint density at radius 3 is 2.69 bits per heavy atom. The molecule has 1 N–H and O–H groups in total. The van der Waals surface area contributed by atoms with Crippen LogP contribution < -0.4 is 5.32 Å². The summed E-state index contributed by atoms with van der Waals surface area (Å²) in [6, 6.07) is 8.55. The summed E-state index contributed by atoms with van der Waals surface area (Å²) in [5.74, 6) is 0.642. The molecule has 0 amide bonds. The Balaban J connectivity index is 2.30. The van der Waals surface area contributed by atoms with Crippen molar-refractivity contribution in [3.8, 4) is 6.07 Å². The van der Waals surface area contributed by atoms with E-state index in [1.807, 2.05) is 6.92 Å². The smallest absolute Gasteiger partial charge is 0.123 e. The molecule has 2 nitrogen and oxygen atoms in total. The van der Waals surface area contributed by atoms with Crippen molar-refractivity contribution < 1.29 is 4.39 Å². The van der Waals surface area contributed by atoms with Gasteiger partial charge in [-0.05, 0) is 37.2 Å². The first-order valence-corrected chi connectivity index (χ1v) is 6.26. The third-order valence-electron chi connectivity index (χ3n) is 2.10. The monoisotopic (exact) mass is 238 g/mol. The maximum absolute atomic E-state index is 12.6. The van der Waals surface area contributed by atoms with Crippen LogP contribution in [0.15, 0.2) is 29.2 Å². The normalized spacial score (nSPS) is 12.1. The topological polar surface area (TPSA) is 35.8 Å². The lowest BCUT2D eigenvalue weighted by Gasteiger charge is -2.08. The number of nitrogens with one attached hydrogen (secondary N) is 1. The number of hydrogen-bond acceptors (Lipinski definition) is 3. The molecule has 0 spiro atoms. The first-order valence-electron chi connectivity index (χ1n) is 5.27. The fourth-order valence-corrected chi connectivity index (χ4v) is 2.20. The van der Waals surface area contributed by atoms with Crippen LogP contribution >= 0.6 is 11.8 Å². The van der Waals surface area contributed by atoms with Gasteiger partial charge in [-0.2, -0.15) is 5.26 Å². The van der Waals surface area contributed by atoms with E-state index in [9.17, 15) is 4.39 Å². The van der Waals surface area contributed by atoms with Gasteiger partial charge >= 0.3 is 0 Å². The average Bonchev–Trinajstić information content (AvgIpc) is 2.30. The summed E-state index contributed by atoms with van der Waals surface area (Å²) in [7, 11) is 0. The van der Waals surface area contributed by atoms with E-state index in [2.05, 4.69) is 11.4 Å². The molecule has 0 aliphatic rings. The molecule has 1 aromatic carbocycles. The van der Waals surface area contributed by atoms with Crippen LogP contribution in [0, 0.1) is 17.1 Å².